The van der Waals surface area contributed by atoms with Crippen LogP contribution in [-0.4, -0.2) is 42.8 Å². The highest BCUT2D eigenvalue weighted by molar-refractivity contribution is 7.89. The van der Waals surface area contributed by atoms with E-state index in [-0.39, 0.29) is 23.0 Å². The van der Waals surface area contributed by atoms with Gasteiger partial charge in [0, 0.05) is 19.6 Å². The van der Waals surface area contributed by atoms with Gasteiger partial charge in [-0.3, -0.25) is 4.79 Å². The zero-order chi connectivity index (χ0) is 19.4. The Morgan fingerprint density at radius 3 is 2.22 bits per heavy atom. The van der Waals surface area contributed by atoms with E-state index in [1.807, 2.05) is 0 Å². The number of nitrogens with one attached hydrogen (secondary N) is 1. The van der Waals surface area contributed by atoms with E-state index in [4.69, 9.17) is 9.52 Å². The third-order valence-corrected chi connectivity index (χ3v) is 6.28. The lowest BCUT2D eigenvalue weighted by molar-refractivity contribution is 0.0659. The molecule has 1 amide bonds. The number of carbonyl (C=O) groups excluding carboxylic acids is 1. The van der Waals surface area contributed by atoms with Gasteiger partial charge in [0.15, 0.2) is 5.76 Å². The highest BCUT2D eigenvalue weighted by atomic mass is 32.2. The summed E-state index contributed by atoms with van der Waals surface area (Å²) in [6.07, 6.45) is 2.80. The molecule has 144 valence electrons. The molecule has 0 bridgehead atoms. The number of carboxylic acids is 1. The second-order valence-electron chi connectivity index (χ2n) is 6.26. The number of rotatable bonds is 6. The van der Waals surface area contributed by atoms with Gasteiger partial charge in [-0.15, -0.1) is 0 Å². The van der Waals surface area contributed by atoms with Crippen LogP contribution in [0.5, 0.6) is 0 Å². The second-order valence-corrected chi connectivity index (χ2v) is 8.20. The summed E-state index contributed by atoms with van der Waals surface area (Å²) < 4.78 is 31.6. The van der Waals surface area contributed by atoms with Gasteiger partial charge in [0.25, 0.3) is 5.91 Å². The van der Waals surface area contributed by atoms with Crippen molar-refractivity contribution in [1.82, 2.24) is 9.62 Å². The molecule has 0 atom stereocenters. The first-order chi connectivity index (χ1) is 12.9. The Kier molecular flexibility index (Phi) is 5.62. The predicted octanol–water partition coefficient (Wildman–Crippen LogP) is 2.08. The Labute approximate surface area is 156 Å². The number of hydrogen-bond donors (Lipinski definition) is 2. The molecule has 1 aromatic heterocycles. The van der Waals surface area contributed by atoms with E-state index in [2.05, 4.69) is 5.32 Å². The van der Waals surface area contributed by atoms with Crippen molar-refractivity contribution in [3.8, 4) is 0 Å². The minimum atomic E-state index is -3.48. The summed E-state index contributed by atoms with van der Waals surface area (Å²) in [7, 11) is -3.48. The molecule has 1 aliphatic rings. The second kappa shape index (κ2) is 7.93. The summed E-state index contributed by atoms with van der Waals surface area (Å²) in [5.41, 5.74) is 0.714. The zero-order valence-corrected chi connectivity index (χ0v) is 15.4. The molecule has 9 heteroatoms. The van der Waals surface area contributed by atoms with Crippen molar-refractivity contribution < 1.29 is 27.5 Å². The van der Waals surface area contributed by atoms with Gasteiger partial charge in [-0.25, -0.2) is 13.2 Å². The number of carbonyl (C=O) groups is 2. The van der Waals surface area contributed by atoms with Crippen molar-refractivity contribution in [3.05, 3.63) is 53.5 Å². The number of hydrogen-bond acceptors (Lipinski definition) is 5. The molecule has 27 heavy (non-hydrogen) atoms. The van der Waals surface area contributed by atoms with Crippen molar-refractivity contribution in [1.29, 1.82) is 0 Å². The van der Waals surface area contributed by atoms with Gasteiger partial charge in [0.05, 0.1) is 4.90 Å². The van der Waals surface area contributed by atoms with Gasteiger partial charge < -0.3 is 14.8 Å². The van der Waals surface area contributed by atoms with Gasteiger partial charge in [0.2, 0.25) is 15.8 Å². The average Bonchev–Trinajstić information content (AvgIpc) is 3.18. The first kappa shape index (κ1) is 19.1. The van der Waals surface area contributed by atoms with E-state index in [0.29, 0.717) is 18.7 Å². The standard InChI is InChI=1S/C18H20N2O6S/c21-17(15-8-9-16(26-15)18(22)23)19-12-13-4-6-14(7-5-13)27(24,25)20-10-2-1-3-11-20/h4-9H,1-3,10-12H2,(H,19,21)(H,22,23). The molecular formula is C18H20N2O6S. The normalized spacial score (nSPS) is 15.4. The van der Waals surface area contributed by atoms with Crippen LogP contribution in [0.2, 0.25) is 0 Å². The smallest absolute Gasteiger partial charge is 0.371 e. The van der Waals surface area contributed by atoms with Crippen molar-refractivity contribution >= 4 is 21.9 Å². The average molecular weight is 392 g/mol. The van der Waals surface area contributed by atoms with Crippen molar-refractivity contribution in [3.63, 3.8) is 0 Å². The van der Waals surface area contributed by atoms with Gasteiger partial charge in [-0.05, 0) is 42.7 Å². The Balaban J connectivity index is 1.61. The maximum absolute atomic E-state index is 12.6. The number of carboxylic acid groups (broad SMARTS) is 1. The highest BCUT2D eigenvalue weighted by Gasteiger charge is 2.25. The summed E-state index contributed by atoms with van der Waals surface area (Å²) in [5, 5.41) is 11.4. The first-order valence-electron chi connectivity index (χ1n) is 8.58. The first-order valence-corrected chi connectivity index (χ1v) is 10.0. The number of piperidine rings is 1. The maximum atomic E-state index is 12.6. The van der Waals surface area contributed by atoms with E-state index in [0.717, 1.165) is 19.3 Å². The molecule has 0 unspecified atom stereocenters. The quantitative estimate of drug-likeness (QED) is 0.777. The molecular weight excluding hydrogens is 372 g/mol. The Bertz CT molecular complexity index is 927. The molecule has 0 spiro atoms. The minimum Gasteiger partial charge on any atom is -0.475 e. The lowest BCUT2D eigenvalue weighted by Crippen LogP contribution is -2.35. The van der Waals surface area contributed by atoms with Crippen molar-refractivity contribution in [2.75, 3.05) is 13.1 Å². The Morgan fingerprint density at radius 1 is 1.00 bits per heavy atom. The van der Waals surface area contributed by atoms with Crippen LogP contribution in [-0.2, 0) is 16.6 Å². The van der Waals surface area contributed by atoms with Gasteiger partial charge in [0.1, 0.15) is 0 Å². The number of furan rings is 1. The lowest BCUT2D eigenvalue weighted by atomic mass is 10.2. The Hall–Kier alpha value is -2.65. The van der Waals surface area contributed by atoms with Crippen LogP contribution in [0, 0.1) is 0 Å². The number of amides is 1. The minimum absolute atomic E-state index is 0.100. The largest absolute Gasteiger partial charge is 0.475 e. The summed E-state index contributed by atoms with van der Waals surface area (Å²) in [5.74, 6) is -2.21. The van der Waals surface area contributed by atoms with E-state index < -0.39 is 21.9 Å². The number of nitrogens with zero attached hydrogens (tertiary/aromatic N) is 1. The van der Waals surface area contributed by atoms with Crippen LogP contribution in [0.4, 0.5) is 0 Å². The predicted molar refractivity (Wildman–Crippen MR) is 95.9 cm³/mol. The maximum Gasteiger partial charge on any atom is 0.371 e. The zero-order valence-electron chi connectivity index (χ0n) is 14.6. The molecule has 1 aromatic carbocycles. The fraction of sp³-hybridized carbons (Fsp3) is 0.333. The summed E-state index contributed by atoms with van der Waals surface area (Å²) >= 11 is 0. The molecule has 2 heterocycles. The van der Waals surface area contributed by atoms with E-state index >= 15 is 0 Å². The molecule has 3 rings (SSSR count). The SMILES string of the molecule is O=C(O)c1ccc(C(=O)NCc2ccc(S(=O)(=O)N3CCCCC3)cc2)o1. The molecule has 0 aliphatic carbocycles. The molecule has 2 aromatic rings. The fourth-order valence-electron chi connectivity index (χ4n) is 2.88. The number of benzene rings is 1. The molecule has 0 radical (unpaired) electrons. The summed E-state index contributed by atoms with van der Waals surface area (Å²) in [4.78, 5) is 23.0. The topological polar surface area (TPSA) is 117 Å². The van der Waals surface area contributed by atoms with E-state index in [1.54, 1.807) is 12.1 Å². The molecule has 2 N–H and O–H groups in total. The van der Waals surface area contributed by atoms with Crippen LogP contribution in [0.25, 0.3) is 0 Å². The summed E-state index contributed by atoms with van der Waals surface area (Å²) in [6.45, 7) is 1.25. The van der Waals surface area contributed by atoms with Gasteiger partial charge >= 0.3 is 5.97 Å². The number of aromatic carboxylic acids is 1. The Morgan fingerprint density at radius 2 is 1.63 bits per heavy atom. The van der Waals surface area contributed by atoms with Crippen LogP contribution < -0.4 is 5.32 Å². The monoisotopic (exact) mass is 392 g/mol. The molecule has 0 saturated carbocycles. The summed E-state index contributed by atoms with van der Waals surface area (Å²) in [6, 6.07) is 8.83. The number of sulfonamides is 1. The van der Waals surface area contributed by atoms with Crippen molar-refractivity contribution in [2.24, 2.45) is 0 Å². The molecule has 1 fully saturated rings. The van der Waals surface area contributed by atoms with Crippen LogP contribution in [0.1, 0.15) is 45.9 Å². The molecule has 1 aliphatic heterocycles. The lowest BCUT2D eigenvalue weighted by Gasteiger charge is -2.25. The molecule has 8 nitrogen and oxygen atoms in total. The fourth-order valence-corrected chi connectivity index (χ4v) is 4.39. The van der Waals surface area contributed by atoms with Crippen LogP contribution in [0.15, 0.2) is 45.7 Å². The molecule has 1 saturated heterocycles. The highest BCUT2D eigenvalue weighted by Crippen LogP contribution is 2.21. The third kappa shape index (κ3) is 4.37. The van der Waals surface area contributed by atoms with Gasteiger partial charge in [-0.1, -0.05) is 18.6 Å². The van der Waals surface area contributed by atoms with Crippen LogP contribution in [0.3, 0.4) is 0 Å². The van der Waals surface area contributed by atoms with E-state index in [1.165, 1.54) is 28.6 Å². The third-order valence-electron chi connectivity index (χ3n) is 4.37. The van der Waals surface area contributed by atoms with E-state index in [9.17, 15) is 18.0 Å². The van der Waals surface area contributed by atoms with Crippen molar-refractivity contribution in [2.45, 2.75) is 30.7 Å². The van der Waals surface area contributed by atoms with Crippen LogP contribution >= 0.6 is 0 Å². The van der Waals surface area contributed by atoms with Gasteiger partial charge in [-0.2, -0.15) is 4.31 Å².